The second-order valence-corrected chi connectivity index (χ2v) is 7.15. The van der Waals surface area contributed by atoms with Crippen LogP contribution in [0.2, 0.25) is 0 Å². The van der Waals surface area contributed by atoms with Gasteiger partial charge in [-0.15, -0.1) is 0 Å². The van der Waals surface area contributed by atoms with Crippen LogP contribution in [0.25, 0.3) is 0 Å². The summed E-state index contributed by atoms with van der Waals surface area (Å²) in [6.45, 7) is 0. The van der Waals surface area contributed by atoms with Crippen molar-refractivity contribution in [1.82, 2.24) is 0 Å². The lowest BCUT2D eigenvalue weighted by Crippen LogP contribution is -2.19. The molecular weight excluding hydrogens is 262 g/mol. The number of hydrogen-bond donors (Lipinski definition) is 2. The van der Waals surface area contributed by atoms with Gasteiger partial charge in [-0.25, -0.2) is 0 Å². The van der Waals surface area contributed by atoms with Crippen LogP contribution < -0.4 is 5.32 Å². The van der Waals surface area contributed by atoms with Gasteiger partial charge in [-0.1, -0.05) is 18.6 Å². The third-order valence-electron chi connectivity index (χ3n) is 5.82. The molecule has 1 aromatic carbocycles. The highest BCUT2D eigenvalue weighted by molar-refractivity contribution is 5.93. The number of carbonyl (C=O) groups is 1. The SMILES string of the molecule is O=C1CCc2cc(C(O)CC3CC4CCC3C4)ccc2N1. The van der Waals surface area contributed by atoms with Gasteiger partial charge < -0.3 is 10.4 Å². The maximum atomic E-state index is 11.4. The van der Waals surface area contributed by atoms with Crippen LogP contribution in [-0.4, -0.2) is 11.0 Å². The number of aliphatic hydroxyl groups is 1. The monoisotopic (exact) mass is 285 g/mol. The molecule has 1 aliphatic heterocycles. The maximum Gasteiger partial charge on any atom is 0.224 e. The quantitative estimate of drug-likeness (QED) is 0.894. The van der Waals surface area contributed by atoms with E-state index in [9.17, 15) is 9.90 Å². The molecule has 2 fully saturated rings. The van der Waals surface area contributed by atoms with Crippen LogP contribution >= 0.6 is 0 Å². The first-order valence-corrected chi connectivity index (χ1v) is 8.30. The molecule has 0 spiro atoms. The van der Waals surface area contributed by atoms with Crippen molar-refractivity contribution in [2.75, 3.05) is 5.32 Å². The first kappa shape index (κ1) is 13.3. The summed E-state index contributed by atoms with van der Waals surface area (Å²) in [5.74, 6) is 2.61. The number of rotatable bonds is 3. The van der Waals surface area contributed by atoms with Gasteiger partial charge in [0.1, 0.15) is 0 Å². The Bertz CT molecular complexity index is 568. The number of nitrogens with one attached hydrogen (secondary N) is 1. The third-order valence-corrected chi connectivity index (χ3v) is 5.82. The minimum absolute atomic E-state index is 0.0952. The Labute approximate surface area is 125 Å². The average Bonchev–Trinajstić information content (AvgIpc) is 3.09. The Morgan fingerprint density at radius 2 is 2.14 bits per heavy atom. The van der Waals surface area contributed by atoms with E-state index in [1.807, 2.05) is 12.1 Å². The molecule has 1 aromatic rings. The number of benzene rings is 1. The Kier molecular flexibility index (Phi) is 3.26. The first-order valence-electron chi connectivity index (χ1n) is 8.30. The van der Waals surface area contributed by atoms with Gasteiger partial charge in [0, 0.05) is 12.1 Å². The van der Waals surface area contributed by atoms with E-state index in [-0.39, 0.29) is 12.0 Å². The predicted octanol–water partition coefficient (Wildman–Crippen LogP) is 3.43. The summed E-state index contributed by atoms with van der Waals surface area (Å²) in [5, 5.41) is 13.5. The Morgan fingerprint density at radius 3 is 2.90 bits per heavy atom. The maximum absolute atomic E-state index is 11.4. The lowest BCUT2D eigenvalue weighted by Gasteiger charge is -2.25. The van der Waals surface area contributed by atoms with Crippen LogP contribution in [0.15, 0.2) is 18.2 Å². The zero-order valence-corrected chi connectivity index (χ0v) is 12.3. The van der Waals surface area contributed by atoms with Crippen LogP contribution in [0.3, 0.4) is 0 Å². The number of hydrogen-bond acceptors (Lipinski definition) is 2. The van der Waals surface area contributed by atoms with E-state index in [1.54, 1.807) is 0 Å². The second kappa shape index (κ2) is 5.13. The molecule has 2 saturated carbocycles. The lowest BCUT2D eigenvalue weighted by molar-refractivity contribution is -0.116. The largest absolute Gasteiger partial charge is 0.388 e. The van der Waals surface area contributed by atoms with Crippen LogP contribution in [0, 0.1) is 17.8 Å². The van der Waals surface area contributed by atoms with Gasteiger partial charge in [0.25, 0.3) is 0 Å². The Balaban J connectivity index is 1.47. The van der Waals surface area contributed by atoms with E-state index >= 15 is 0 Å². The van der Waals surface area contributed by atoms with Crippen LogP contribution in [-0.2, 0) is 11.2 Å². The number of anilines is 1. The normalized spacial score (nSPS) is 31.9. The number of amides is 1. The summed E-state index contributed by atoms with van der Waals surface area (Å²) >= 11 is 0. The third kappa shape index (κ3) is 2.48. The summed E-state index contributed by atoms with van der Waals surface area (Å²) < 4.78 is 0. The number of aryl methyl sites for hydroxylation is 1. The highest BCUT2D eigenvalue weighted by Gasteiger charge is 2.40. The molecule has 0 radical (unpaired) electrons. The smallest absolute Gasteiger partial charge is 0.224 e. The van der Waals surface area contributed by atoms with Gasteiger partial charge in [-0.05, 0) is 67.1 Å². The molecule has 3 nitrogen and oxygen atoms in total. The van der Waals surface area contributed by atoms with Crippen LogP contribution in [0.4, 0.5) is 5.69 Å². The van der Waals surface area contributed by atoms with E-state index in [2.05, 4.69) is 11.4 Å². The van der Waals surface area contributed by atoms with Crippen molar-refractivity contribution in [1.29, 1.82) is 0 Å². The standard InChI is InChI=1S/C18H23NO2/c20-17(10-15-8-11-1-2-12(15)7-11)14-3-5-16-13(9-14)4-6-18(21)19-16/h3,5,9,11-12,15,17,20H,1-2,4,6-8,10H2,(H,19,21). The number of aliphatic hydroxyl groups excluding tert-OH is 1. The molecule has 0 aromatic heterocycles. The second-order valence-electron chi connectivity index (χ2n) is 7.15. The van der Waals surface area contributed by atoms with E-state index in [4.69, 9.17) is 0 Å². The number of carbonyl (C=O) groups excluding carboxylic acids is 1. The Hall–Kier alpha value is -1.35. The van der Waals surface area contributed by atoms with Crippen molar-refractivity contribution < 1.29 is 9.90 Å². The molecular formula is C18H23NO2. The first-order chi connectivity index (χ1) is 10.2. The predicted molar refractivity (Wildman–Crippen MR) is 81.9 cm³/mol. The Morgan fingerprint density at radius 1 is 1.24 bits per heavy atom. The average molecular weight is 285 g/mol. The molecule has 21 heavy (non-hydrogen) atoms. The van der Waals surface area contributed by atoms with Gasteiger partial charge >= 0.3 is 0 Å². The van der Waals surface area contributed by atoms with Crippen LogP contribution in [0.1, 0.15) is 55.8 Å². The van der Waals surface area contributed by atoms with Crippen molar-refractivity contribution in [2.24, 2.45) is 17.8 Å². The zero-order chi connectivity index (χ0) is 14.4. The summed E-state index contributed by atoms with van der Waals surface area (Å²) in [5.41, 5.74) is 3.11. The number of fused-ring (bicyclic) bond motifs is 3. The fraction of sp³-hybridized carbons (Fsp3) is 0.611. The highest BCUT2D eigenvalue weighted by atomic mass is 16.3. The van der Waals surface area contributed by atoms with Gasteiger partial charge in [-0.3, -0.25) is 4.79 Å². The van der Waals surface area contributed by atoms with E-state index < -0.39 is 0 Å². The molecule has 2 N–H and O–H groups in total. The summed E-state index contributed by atoms with van der Waals surface area (Å²) in [6, 6.07) is 6.01. The molecule has 3 heteroatoms. The fourth-order valence-electron chi connectivity index (χ4n) is 4.70. The lowest BCUT2D eigenvalue weighted by atomic mass is 9.83. The summed E-state index contributed by atoms with van der Waals surface area (Å²) in [6.07, 6.45) is 7.41. The van der Waals surface area contributed by atoms with Crippen LogP contribution in [0.5, 0.6) is 0 Å². The summed E-state index contributed by atoms with van der Waals surface area (Å²) in [4.78, 5) is 11.4. The molecule has 112 valence electrons. The topological polar surface area (TPSA) is 49.3 Å². The molecule has 2 aliphatic carbocycles. The molecule has 4 unspecified atom stereocenters. The molecule has 4 atom stereocenters. The molecule has 1 amide bonds. The van der Waals surface area contributed by atoms with Gasteiger partial charge in [0.2, 0.25) is 5.91 Å². The van der Waals surface area contributed by atoms with E-state index in [0.29, 0.717) is 6.42 Å². The molecule has 3 aliphatic rings. The van der Waals surface area contributed by atoms with E-state index in [1.165, 1.54) is 31.2 Å². The summed E-state index contributed by atoms with van der Waals surface area (Å²) in [7, 11) is 0. The van der Waals surface area contributed by atoms with E-state index in [0.717, 1.165) is 41.8 Å². The van der Waals surface area contributed by atoms with Crippen molar-refractivity contribution in [3.63, 3.8) is 0 Å². The van der Waals surface area contributed by atoms with Gasteiger partial charge in [0.15, 0.2) is 0 Å². The van der Waals surface area contributed by atoms with Crippen molar-refractivity contribution in [3.8, 4) is 0 Å². The molecule has 4 rings (SSSR count). The fourth-order valence-corrected chi connectivity index (χ4v) is 4.70. The van der Waals surface area contributed by atoms with Gasteiger partial charge in [-0.2, -0.15) is 0 Å². The molecule has 0 saturated heterocycles. The minimum Gasteiger partial charge on any atom is -0.388 e. The van der Waals surface area contributed by atoms with Crippen molar-refractivity contribution >= 4 is 11.6 Å². The highest BCUT2D eigenvalue weighted by Crippen LogP contribution is 2.51. The molecule has 1 heterocycles. The minimum atomic E-state index is -0.350. The molecule has 2 bridgehead atoms. The zero-order valence-electron chi connectivity index (χ0n) is 12.3. The van der Waals surface area contributed by atoms with Crippen molar-refractivity contribution in [2.45, 2.75) is 51.0 Å². The van der Waals surface area contributed by atoms with Gasteiger partial charge in [0.05, 0.1) is 6.10 Å². The van der Waals surface area contributed by atoms with Crippen molar-refractivity contribution in [3.05, 3.63) is 29.3 Å².